The first-order valence-corrected chi connectivity index (χ1v) is 9.03. The van der Waals surface area contributed by atoms with Crippen LogP contribution < -0.4 is 0 Å². The van der Waals surface area contributed by atoms with E-state index in [1.54, 1.807) is 6.07 Å². The Bertz CT molecular complexity index is 426. The molecule has 0 aliphatic rings. The van der Waals surface area contributed by atoms with Gasteiger partial charge in [0.15, 0.2) is 0 Å². The van der Waals surface area contributed by atoms with Crippen LogP contribution in [0.2, 0.25) is 0 Å². The molecule has 1 N–H and O–H groups in total. The minimum absolute atomic E-state index is 0.354. The lowest BCUT2D eigenvalue weighted by Gasteiger charge is -2.01. The van der Waals surface area contributed by atoms with E-state index in [2.05, 4.69) is 11.9 Å². The first-order chi connectivity index (χ1) is 10.7. The molecule has 0 saturated heterocycles. The zero-order chi connectivity index (χ0) is 16.0. The van der Waals surface area contributed by atoms with Crippen LogP contribution in [0.25, 0.3) is 0 Å². The average Bonchev–Trinajstić information content (AvgIpc) is 2.52. The van der Waals surface area contributed by atoms with E-state index in [1.165, 1.54) is 64.2 Å². The Hall–Kier alpha value is -1.31. The fourth-order valence-corrected chi connectivity index (χ4v) is 2.62. The number of unbranched alkanes of at least 4 members (excludes halogenated alkanes) is 9. The van der Waals surface area contributed by atoms with Gasteiger partial charge in [-0.2, -0.15) is 0 Å². The van der Waals surface area contributed by atoms with E-state index >= 15 is 0 Å². The van der Waals surface area contributed by atoms with E-state index in [4.69, 9.17) is 0 Å². The summed E-state index contributed by atoms with van der Waals surface area (Å²) in [7, 11) is 0. The molecular weight excluding hydrogens is 270 g/mol. The monoisotopic (exact) mass is 303 g/mol. The topological polar surface area (TPSA) is 32.6 Å². The molecule has 1 rings (SSSR count). The van der Waals surface area contributed by atoms with Gasteiger partial charge >= 0.3 is 0 Å². The fourth-order valence-electron chi connectivity index (χ4n) is 2.62. The molecule has 0 heterocycles. The van der Waals surface area contributed by atoms with Crippen molar-refractivity contribution in [2.75, 3.05) is 6.54 Å². The molecule has 1 aromatic rings. The van der Waals surface area contributed by atoms with Gasteiger partial charge in [-0.3, -0.25) is 4.99 Å². The Morgan fingerprint density at radius 3 is 2.09 bits per heavy atom. The predicted molar refractivity (Wildman–Crippen MR) is 97.1 cm³/mol. The molecule has 0 bridgehead atoms. The molecular formula is C20H33NO. The van der Waals surface area contributed by atoms with Crippen LogP contribution in [-0.2, 0) is 0 Å². The van der Waals surface area contributed by atoms with Crippen LogP contribution in [-0.4, -0.2) is 17.9 Å². The van der Waals surface area contributed by atoms with Crippen LogP contribution in [0.3, 0.4) is 0 Å². The third-order valence-corrected chi connectivity index (χ3v) is 4.10. The summed E-state index contributed by atoms with van der Waals surface area (Å²) in [5.74, 6) is 0.354. The maximum atomic E-state index is 9.47. The van der Waals surface area contributed by atoms with Crippen molar-refractivity contribution in [2.45, 2.75) is 78.1 Å². The average molecular weight is 303 g/mol. The van der Waals surface area contributed by atoms with Crippen LogP contribution in [0.15, 0.2) is 23.2 Å². The van der Waals surface area contributed by atoms with E-state index in [1.807, 2.05) is 25.3 Å². The van der Waals surface area contributed by atoms with Crippen LogP contribution >= 0.6 is 0 Å². The van der Waals surface area contributed by atoms with Crippen molar-refractivity contribution in [2.24, 2.45) is 4.99 Å². The first-order valence-electron chi connectivity index (χ1n) is 9.03. The molecule has 0 aliphatic heterocycles. The summed E-state index contributed by atoms with van der Waals surface area (Å²) in [4.78, 5) is 4.47. The molecule has 2 heteroatoms. The number of aryl methyl sites for hydroxylation is 1. The zero-order valence-electron chi connectivity index (χ0n) is 14.5. The molecule has 0 radical (unpaired) electrons. The molecule has 0 unspecified atom stereocenters. The highest BCUT2D eigenvalue weighted by Gasteiger charge is 1.95. The quantitative estimate of drug-likeness (QED) is 0.370. The number of benzene rings is 1. The largest absolute Gasteiger partial charge is 0.508 e. The molecule has 0 atom stereocenters. The number of phenolic OH excluding ortho intramolecular Hbond substituents is 1. The molecule has 0 amide bonds. The minimum atomic E-state index is 0.354. The number of aromatic hydroxyl groups is 1. The van der Waals surface area contributed by atoms with Gasteiger partial charge in [0.2, 0.25) is 0 Å². The zero-order valence-corrected chi connectivity index (χ0v) is 14.5. The van der Waals surface area contributed by atoms with Crippen molar-refractivity contribution >= 4 is 6.21 Å². The normalized spacial score (nSPS) is 11.4. The number of nitrogens with zero attached hydrogens (tertiary/aromatic N) is 1. The summed E-state index contributed by atoms with van der Waals surface area (Å²) in [5.41, 5.74) is 1.98. The highest BCUT2D eigenvalue weighted by Crippen LogP contribution is 2.16. The smallest absolute Gasteiger partial charge is 0.118 e. The first kappa shape index (κ1) is 18.7. The van der Waals surface area contributed by atoms with Gasteiger partial charge in [-0.05, 0) is 42.7 Å². The molecule has 0 aromatic heterocycles. The van der Waals surface area contributed by atoms with E-state index in [0.29, 0.717) is 5.75 Å². The van der Waals surface area contributed by atoms with Crippen molar-refractivity contribution in [1.82, 2.24) is 0 Å². The van der Waals surface area contributed by atoms with Gasteiger partial charge in [0.05, 0.1) is 0 Å². The van der Waals surface area contributed by atoms with Gasteiger partial charge in [-0.25, -0.2) is 0 Å². The summed E-state index contributed by atoms with van der Waals surface area (Å²) >= 11 is 0. The summed E-state index contributed by atoms with van der Waals surface area (Å²) < 4.78 is 0. The maximum absolute atomic E-state index is 9.47. The van der Waals surface area contributed by atoms with Crippen molar-refractivity contribution in [3.8, 4) is 5.75 Å². The van der Waals surface area contributed by atoms with Gasteiger partial charge in [-0.15, -0.1) is 0 Å². The molecule has 0 fully saturated rings. The number of phenols is 1. The lowest BCUT2D eigenvalue weighted by atomic mass is 10.1. The van der Waals surface area contributed by atoms with Gasteiger partial charge in [0.25, 0.3) is 0 Å². The third kappa shape index (κ3) is 8.86. The minimum Gasteiger partial charge on any atom is -0.508 e. The van der Waals surface area contributed by atoms with Crippen molar-refractivity contribution in [3.05, 3.63) is 29.3 Å². The van der Waals surface area contributed by atoms with Gasteiger partial charge in [0, 0.05) is 12.8 Å². The van der Waals surface area contributed by atoms with E-state index in [9.17, 15) is 5.11 Å². The molecule has 1 aromatic carbocycles. The van der Waals surface area contributed by atoms with E-state index in [0.717, 1.165) is 17.7 Å². The second kappa shape index (κ2) is 12.3. The number of hydrogen-bond donors (Lipinski definition) is 1. The lowest BCUT2D eigenvalue weighted by Crippen LogP contribution is -1.87. The lowest BCUT2D eigenvalue weighted by molar-refractivity contribution is 0.471. The highest BCUT2D eigenvalue weighted by molar-refractivity contribution is 5.80. The Morgan fingerprint density at radius 1 is 0.909 bits per heavy atom. The molecule has 124 valence electrons. The molecule has 22 heavy (non-hydrogen) atoms. The summed E-state index contributed by atoms with van der Waals surface area (Å²) in [6, 6.07) is 5.61. The van der Waals surface area contributed by atoms with Gasteiger partial charge in [-0.1, -0.05) is 64.7 Å². The Balaban J connectivity index is 1.96. The van der Waals surface area contributed by atoms with Crippen LogP contribution in [0.5, 0.6) is 5.75 Å². The van der Waals surface area contributed by atoms with Crippen molar-refractivity contribution < 1.29 is 5.11 Å². The Morgan fingerprint density at radius 2 is 1.50 bits per heavy atom. The number of aliphatic imine (C=N–C) groups is 1. The third-order valence-electron chi connectivity index (χ3n) is 4.10. The molecule has 2 nitrogen and oxygen atoms in total. The second-order valence-electron chi connectivity index (χ2n) is 6.26. The molecule has 0 aliphatic carbocycles. The molecule has 0 spiro atoms. The summed E-state index contributed by atoms with van der Waals surface area (Å²) in [5, 5.41) is 9.47. The highest BCUT2D eigenvalue weighted by atomic mass is 16.3. The number of rotatable bonds is 12. The van der Waals surface area contributed by atoms with Crippen molar-refractivity contribution in [3.63, 3.8) is 0 Å². The van der Waals surface area contributed by atoms with Crippen LogP contribution in [0.1, 0.15) is 82.3 Å². The van der Waals surface area contributed by atoms with Crippen LogP contribution in [0, 0.1) is 6.92 Å². The van der Waals surface area contributed by atoms with Gasteiger partial charge in [0.1, 0.15) is 5.75 Å². The van der Waals surface area contributed by atoms with Crippen molar-refractivity contribution in [1.29, 1.82) is 0 Å². The maximum Gasteiger partial charge on any atom is 0.118 e. The standard InChI is InChI=1S/C20H33NO/c1-3-4-5-6-7-8-9-10-11-12-15-21-17-19-13-14-20(22)18(2)16-19/h13-14,16-17,22H,3-12,15H2,1-2H3. The fraction of sp³-hybridized carbons (Fsp3) is 0.650. The number of hydrogen-bond acceptors (Lipinski definition) is 2. The van der Waals surface area contributed by atoms with E-state index < -0.39 is 0 Å². The van der Waals surface area contributed by atoms with Crippen LogP contribution in [0.4, 0.5) is 0 Å². The van der Waals surface area contributed by atoms with E-state index in [-0.39, 0.29) is 0 Å². The summed E-state index contributed by atoms with van der Waals surface area (Å²) in [6.45, 7) is 5.09. The Kier molecular flexibility index (Phi) is 10.4. The Labute approximate surface area is 136 Å². The SMILES string of the molecule is CCCCCCCCCCCCN=Cc1ccc(O)c(C)c1. The second-order valence-corrected chi connectivity index (χ2v) is 6.26. The predicted octanol–water partition coefficient (Wildman–Crippen LogP) is 6.04. The summed E-state index contributed by atoms with van der Waals surface area (Å²) in [6.07, 6.45) is 15.5. The molecule has 0 saturated carbocycles. The van der Waals surface area contributed by atoms with Gasteiger partial charge < -0.3 is 5.11 Å².